The van der Waals surface area contributed by atoms with Gasteiger partial charge in [-0.3, -0.25) is 4.79 Å². The molecule has 2 aliphatic rings. The third-order valence-corrected chi connectivity index (χ3v) is 5.62. The smallest absolute Gasteiger partial charge is 0.221 e. The highest BCUT2D eigenvalue weighted by molar-refractivity contribution is 5.78. The van der Waals surface area contributed by atoms with Gasteiger partial charge in [0.1, 0.15) is 0 Å². The summed E-state index contributed by atoms with van der Waals surface area (Å²) in [4.78, 5) is 12.4. The third kappa shape index (κ3) is 3.16. The maximum Gasteiger partial charge on any atom is 0.221 e. The van der Waals surface area contributed by atoms with Gasteiger partial charge in [0.05, 0.1) is 33.5 Å². The summed E-state index contributed by atoms with van der Waals surface area (Å²) in [5, 5.41) is 3.06. The van der Waals surface area contributed by atoms with Crippen molar-refractivity contribution < 1.29 is 19.0 Å². The van der Waals surface area contributed by atoms with E-state index < -0.39 is 0 Å². The average Bonchev–Trinajstić information content (AvgIpc) is 3.16. The van der Waals surface area contributed by atoms with E-state index in [1.54, 1.807) is 21.3 Å². The molecule has 1 amide bonds. The second-order valence-corrected chi connectivity index (χ2v) is 7.07. The quantitative estimate of drug-likeness (QED) is 0.734. The van der Waals surface area contributed by atoms with Gasteiger partial charge in [0.2, 0.25) is 11.7 Å². The number of benzene rings is 2. The number of fused-ring (bicyclic) bond motifs is 1. The van der Waals surface area contributed by atoms with Gasteiger partial charge < -0.3 is 19.5 Å². The van der Waals surface area contributed by atoms with Crippen LogP contribution in [0.5, 0.6) is 17.2 Å². The number of methoxy groups -OCH3 is 3. The molecule has 2 saturated heterocycles. The summed E-state index contributed by atoms with van der Waals surface area (Å²) in [6.07, 6.45) is 0.238. The minimum absolute atomic E-state index is 0.0137. The summed E-state index contributed by atoms with van der Waals surface area (Å²) in [5.41, 5.74) is 8.78. The molecule has 4 atom stereocenters. The fourth-order valence-electron chi connectivity index (χ4n) is 4.35. The van der Waals surface area contributed by atoms with Crippen molar-refractivity contribution in [2.24, 2.45) is 5.92 Å². The van der Waals surface area contributed by atoms with Crippen LogP contribution in [-0.4, -0.2) is 33.4 Å². The normalized spacial score (nSPS) is 26.3. The minimum atomic E-state index is -0.157. The number of rotatable bonds is 5. The average molecular weight is 383 g/mol. The molecule has 148 valence electrons. The first-order valence-electron chi connectivity index (χ1n) is 9.31. The predicted octanol–water partition coefficient (Wildman–Crippen LogP) is 2.11. The number of hydrogen-bond donors (Lipinski definition) is 3. The van der Waals surface area contributed by atoms with E-state index in [1.807, 2.05) is 30.3 Å². The highest BCUT2D eigenvalue weighted by Crippen LogP contribution is 2.47. The van der Waals surface area contributed by atoms with Gasteiger partial charge in [-0.15, -0.1) is 0 Å². The SMILES string of the molecule is COc1cc(C2CC(=O)NC3NNC(c4ccccc4)C32)cc(OC)c1OC. The van der Waals surface area contributed by atoms with E-state index in [1.165, 1.54) is 5.56 Å². The molecule has 0 radical (unpaired) electrons. The van der Waals surface area contributed by atoms with Gasteiger partial charge in [-0.1, -0.05) is 30.3 Å². The van der Waals surface area contributed by atoms with Crippen LogP contribution in [0.1, 0.15) is 29.5 Å². The van der Waals surface area contributed by atoms with E-state index in [-0.39, 0.29) is 30.0 Å². The van der Waals surface area contributed by atoms with Crippen LogP contribution in [0, 0.1) is 5.92 Å². The molecule has 7 nitrogen and oxygen atoms in total. The van der Waals surface area contributed by atoms with Crippen LogP contribution in [0.15, 0.2) is 42.5 Å². The summed E-state index contributed by atoms with van der Waals surface area (Å²) >= 11 is 0. The molecule has 0 aliphatic carbocycles. The van der Waals surface area contributed by atoms with Crippen molar-refractivity contribution in [1.82, 2.24) is 16.2 Å². The van der Waals surface area contributed by atoms with E-state index in [2.05, 4.69) is 28.3 Å². The molecule has 2 fully saturated rings. The van der Waals surface area contributed by atoms with Crippen LogP contribution in [0.25, 0.3) is 0 Å². The molecule has 7 heteroatoms. The summed E-state index contributed by atoms with van der Waals surface area (Å²) in [7, 11) is 4.78. The van der Waals surface area contributed by atoms with Crippen LogP contribution < -0.4 is 30.4 Å². The number of piperidine rings is 1. The van der Waals surface area contributed by atoms with E-state index in [0.29, 0.717) is 23.7 Å². The van der Waals surface area contributed by atoms with Gasteiger partial charge in [0.25, 0.3) is 0 Å². The number of nitrogens with one attached hydrogen (secondary N) is 3. The monoisotopic (exact) mass is 383 g/mol. The van der Waals surface area contributed by atoms with E-state index in [9.17, 15) is 4.79 Å². The molecule has 3 N–H and O–H groups in total. The lowest BCUT2D eigenvalue weighted by Crippen LogP contribution is -2.52. The van der Waals surface area contributed by atoms with Crippen molar-refractivity contribution in [2.45, 2.75) is 24.5 Å². The molecule has 2 aromatic rings. The van der Waals surface area contributed by atoms with Crippen molar-refractivity contribution in [2.75, 3.05) is 21.3 Å². The molecule has 0 aromatic heterocycles. The highest BCUT2D eigenvalue weighted by Gasteiger charge is 2.47. The van der Waals surface area contributed by atoms with Crippen LogP contribution in [-0.2, 0) is 4.79 Å². The third-order valence-electron chi connectivity index (χ3n) is 5.62. The Morgan fingerprint density at radius 2 is 1.57 bits per heavy atom. The first-order valence-corrected chi connectivity index (χ1v) is 9.31. The van der Waals surface area contributed by atoms with Crippen LogP contribution in [0.3, 0.4) is 0 Å². The number of amides is 1. The first kappa shape index (κ1) is 18.6. The lowest BCUT2D eigenvalue weighted by atomic mass is 9.74. The summed E-state index contributed by atoms with van der Waals surface area (Å²) in [5.74, 6) is 1.86. The summed E-state index contributed by atoms with van der Waals surface area (Å²) in [6, 6.07) is 14.2. The van der Waals surface area contributed by atoms with Crippen LogP contribution >= 0.6 is 0 Å². The fraction of sp³-hybridized carbons (Fsp3) is 0.381. The van der Waals surface area contributed by atoms with Gasteiger partial charge >= 0.3 is 0 Å². The maximum absolute atomic E-state index is 12.4. The lowest BCUT2D eigenvalue weighted by Gasteiger charge is -2.36. The molecule has 4 rings (SSSR count). The van der Waals surface area contributed by atoms with E-state index >= 15 is 0 Å². The molecule has 28 heavy (non-hydrogen) atoms. The topological polar surface area (TPSA) is 80.9 Å². The van der Waals surface area contributed by atoms with Gasteiger partial charge in [-0.25, -0.2) is 10.9 Å². The van der Waals surface area contributed by atoms with Gasteiger partial charge in [0, 0.05) is 18.3 Å². The number of ether oxygens (including phenoxy) is 3. The zero-order chi connectivity index (χ0) is 19.7. The maximum atomic E-state index is 12.4. The van der Waals surface area contributed by atoms with Crippen molar-refractivity contribution in [3.63, 3.8) is 0 Å². The molecule has 2 heterocycles. The Kier molecular flexibility index (Phi) is 5.11. The van der Waals surface area contributed by atoms with Crippen molar-refractivity contribution in [1.29, 1.82) is 0 Å². The summed E-state index contributed by atoms with van der Waals surface area (Å²) in [6.45, 7) is 0. The van der Waals surface area contributed by atoms with E-state index in [0.717, 1.165) is 5.56 Å². The number of carbonyl (C=O) groups excluding carboxylic acids is 1. The fourth-order valence-corrected chi connectivity index (χ4v) is 4.35. The van der Waals surface area contributed by atoms with Gasteiger partial charge in [0.15, 0.2) is 11.5 Å². The standard InChI is InChI=1S/C21H25N3O4/c1-26-15-9-13(10-16(27-2)20(15)28-3)14-11-17(25)22-21-18(14)19(23-24-21)12-7-5-4-6-8-12/h4-10,14,18-19,21,23-24H,11H2,1-3H3,(H,22,25). The zero-order valence-electron chi connectivity index (χ0n) is 16.2. The highest BCUT2D eigenvalue weighted by atomic mass is 16.5. The van der Waals surface area contributed by atoms with Crippen LogP contribution in [0.2, 0.25) is 0 Å². The Hall–Kier alpha value is -2.77. The number of hydrazine groups is 1. The van der Waals surface area contributed by atoms with Gasteiger partial charge in [-0.2, -0.15) is 0 Å². The minimum Gasteiger partial charge on any atom is -0.493 e. The molecular weight excluding hydrogens is 358 g/mol. The zero-order valence-corrected chi connectivity index (χ0v) is 16.2. The molecule has 2 aromatic carbocycles. The Morgan fingerprint density at radius 1 is 0.893 bits per heavy atom. The second-order valence-electron chi connectivity index (χ2n) is 7.07. The predicted molar refractivity (Wildman–Crippen MR) is 104 cm³/mol. The Balaban J connectivity index is 1.77. The molecule has 0 saturated carbocycles. The van der Waals surface area contributed by atoms with Gasteiger partial charge in [-0.05, 0) is 23.3 Å². The summed E-state index contributed by atoms with van der Waals surface area (Å²) < 4.78 is 16.5. The number of carbonyl (C=O) groups is 1. The van der Waals surface area contributed by atoms with Crippen molar-refractivity contribution in [3.05, 3.63) is 53.6 Å². The first-order chi connectivity index (χ1) is 13.7. The molecule has 2 aliphatic heterocycles. The van der Waals surface area contributed by atoms with Crippen molar-refractivity contribution >= 4 is 5.91 Å². The number of hydrogen-bond acceptors (Lipinski definition) is 6. The van der Waals surface area contributed by atoms with Crippen LogP contribution in [0.4, 0.5) is 0 Å². The Morgan fingerprint density at radius 3 is 2.18 bits per heavy atom. The largest absolute Gasteiger partial charge is 0.493 e. The molecule has 4 unspecified atom stereocenters. The molecule has 0 bridgehead atoms. The Labute approximate surface area is 164 Å². The van der Waals surface area contributed by atoms with Crippen molar-refractivity contribution in [3.8, 4) is 17.2 Å². The molecular formula is C21H25N3O4. The van der Waals surface area contributed by atoms with E-state index in [4.69, 9.17) is 14.2 Å². The molecule has 0 spiro atoms. The lowest BCUT2D eigenvalue weighted by molar-refractivity contribution is -0.125. The second kappa shape index (κ2) is 7.69. The Bertz CT molecular complexity index is 833.